The van der Waals surface area contributed by atoms with Crippen LogP contribution in [0.4, 0.5) is 4.39 Å². The highest BCUT2D eigenvalue weighted by atomic mass is 19.1. The summed E-state index contributed by atoms with van der Waals surface area (Å²) in [6.07, 6.45) is 1.74. The molecule has 0 amide bonds. The maximum absolute atomic E-state index is 13.5. The number of halogens is 1. The predicted octanol–water partition coefficient (Wildman–Crippen LogP) is 3.02. The Morgan fingerprint density at radius 3 is 2.56 bits per heavy atom. The maximum Gasteiger partial charge on any atom is 0.129 e. The second-order valence-corrected chi connectivity index (χ2v) is 4.66. The quantitative estimate of drug-likeness (QED) is 0.872. The lowest BCUT2D eigenvalue weighted by atomic mass is 10.1. The van der Waals surface area contributed by atoms with Gasteiger partial charge in [0.25, 0.3) is 0 Å². The summed E-state index contributed by atoms with van der Waals surface area (Å²) in [5, 5.41) is 10.2. The Labute approximate surface area is 106 Å². The van der Waals surface area contributed by atoms with E-state index in [9.17, 15) is 4.39 Å². The van der Waals surface area contributed by atoms with Crippen LogP contribution in [0, 0.1) is 19.7 Å². The van der Waals surface area contributed by atoms with Crippen LogP contribution in [0.2, 0.25) is 0 Å². The van der Waals surface area contributed by atoms with Gasteiger partial charge in [-0.2, -0.15) is 5.10 Å². The number of aromatic nitrogens is 2. The van der Waals surface area contributed by atoms with Crippen molar-refractivity contribution in [1.29, 1.82) is 0 Å². The Kier molecular flexibility index (Phi) is 3.77. The highest BCUT2D eigenvalue weighted by Gasteiger charge is 2.08. The predicted molar refractivity (Wildman–Crippen MR) is 69.7 cm³/mol. The Balaban J connectivity index is 2.02. The van der Waals surface area contributed by atoms with E-state index in [0.717, 1.165) is 11.3 Å². The summed E-state index contributed by atoms with van der Waals surface area (Å²) in [7, 11) is 0. The van der Waals surface area contributed by atoms with Crippen molar-refractivity contribution < 1.29 is 4.39 Å². The second-order valence-electron chi connectivity index (χ2n) is 4.66. The maximum atomic E-state index is 13.5. The van der Waals surface area contributed by atoms with Gasteiger partial charge in [0.1, 0.15) is 5.82 Å². The molecule has 18 heavy (non-hydrogen) atoms. The van der Waals surface area contributed by atoms with E-state index < -0.39 is 0 Å². The Hall–Kier alpha value is -1.68. The van der Waals surface area contributed by atoms with Gasteiger partial charge in [0.05, 0.1) is 5.69 Å². The third-order valence-electron chi connectivity index (χ3n) is 3.10. The van der Waals surface area contributed by atoms with E-state index in [1.54, 1.807) is 20.0 Å². The van der Waals surface area contributed by atoms with E-state index in [1.807, 2.05) is 18.2 Å². The highest BCUT2D eigenvalue weighted by molar-refractivity contribution is 5.30. The average molecular weight is 247 g/mol. The molecule has 1 atom stereocenters. The molecule has 0 saturated carbocycles. The number of aryl methyl sites for hydroxylation is 2. The molecule has 0 bridgehead atoms. The zero-order valence-corrected chi connectivity index (χ0v) is 10.9. The van der Waals surface area contributed by atoms with Gasteiger partial charge in [0.2, 0.25) is 0 Å². The van der Waals surface area contributed by atoms with Crippen molar-refractivity contribution in [3.8, 4) is 0 Å². The summed E-state index contributed by atoms with van der Waals surface area (Å²) >= 11 is 0. The zero-order chi connectivity index (χ0) is 13.1. The third kappa shape index (κ3) is 2.76. The van der Waals surface area contributed by atoms with Gasteiger partial charge in [0.15, 0.2) is 0 Å². The van der Waals surface area contributed by atoms with Crippen LogP contribution in [-0.2, 0) is 6.54 Å². The third-order valence-corrected chi connectivity index (χ3v) is 3.10. The van der Waals surface area contributed by atoms with Crippen molar-refractivity contribution in [2.45, 2.75) is 33.4 Å². The largest absolute Gasteiger partial charge is 0.305 e. The molecule has 4 heteroatoms. The summed E-state index contributed by atoms with van der Waals surface area (Å²) in [6, 6.07) is 5.90. The van der Waals surface area contributed by atoms with Gasteiger partial charge >= 0.3 is 0 Å². The first-order valence-electron chi connectivity index (χ1n) is 6.06. The molecule has 1 unspecified atom stereocenters. The molecule has 1 aromatic heterocycles. The molecule has 0 saturated heterocycles. The van der Waals surface area contributed by atoms with Crippen LogP contribution < -0.4 is 5.32 Å². The number of hydrogen-bond acceptors (Lipinski definition) is 2. The number of nitrogens with one attached hydrogen (secondary N) is 2. The molecule has 2 N–H and O–H groups in total. The highest BCUT2D eigenvalue weighted by Crippen LogP contribution is 2.16. The Bertz CT molecular complexity index is 497. The van der Waals surface area contributed by atoms with Gasteiger partial charge < -0.3 is 5.32 Å². The Morgan fingerprint density at radius 2 is 2.00 bits per heavy atom. The molecule has 2 aromatic rings. The van der Waals surface area contributed by atoms with Crippen molar-refractivity contribution in [2.75, 3.05) is 0 Å². The van der Waals surface area contributed by atoms with Gasteiger partial charge in [-0.1, -0.05) is 12.1 Å². The van der Waals surface area contributed by atoms with Crippen molar-refractivity contribution in [3.63, 3.8) is 0 Å². The van der Waals surface area contributed by atoms with E-state index in [-0.39, 0.29) is 11.9 Å². The molecule has 0 fully saturated rings. The van der Waals surface area contributed by atoms with Crippen molar-refractivity contribution in [2.24, 2.45) is 0 Å². The standard InChI is InChI=1S/C14H18FN3/c1-9-6-12(7-10(2)14(9)15)8-16-11(3)13-4-5-17-18-13/h4-7,11,16H,8H2,1-3H3,(H,17,18). The van der Waals surface area contributed by atoms with Crippen molar-refractivity contribution >= 4 is 0 Å². The van der Waals surface area contributed by atoms with E-state index in [0.29, 0.717) is 17.7 Å². The van der Waals surface area contributed by atoms with Crippen molar-refractivity contribution in [1.82, 2.24) is 15.5 Å². The van der Waals surface area contributed by atoms with Crippen LogP contribution in [0.25, 0.3) is 0 Å². The average Bonchev–Trinajstić information content (AvgIpc) is 2.86. The smallest absolute Gasteiger partial charge is 0.129 e. The Morgan fingerprint density at radius 1 is 1.33 bits per heavy atom. The fourth-order valence-corrected chi connectivity index (χ4v) is 2.03. The molecule has 0 aliphatic rings. The van der Waals surface area contributed by atoms with Gasteiger partial charge in [0, 0.05) is 18.8 Å². The van der Waals surface area contributed by atoms with Gasteiger partial charge in [-0.25, -0.2) is 4.39 Å². The minimum Gasteiger partial charge on any atom is -0.305 e. The van der Waals surface area contributed by atoms with Gasteiger partial charge in [-0.3, -0.25) is 5.10 Å². The zero-order valence-electron chi connectivity index (χ0n) is 10.9. The van der Waals surface area contributed by atoms with Crippen LogP contribution in [0.3, 0.4) is 0 Å². The minimum atomic E-state index is -0.111. The number of hydrogen-bond donors (Lipinski definition) is 2. The van der Waals surface area contributed by atoms with E-state index in [4.69, 9.17) is 0 Å². The normalized spacial score (nSPS) is 12.7. The summed E-state index contributed by atoms with van der Waals surface area (Å²) in [5.41, 5.74) is 3.53. The number of nitrogens with zero attached hydrogens (tertiary/aromatic N) is 1. The summed E-state index contributed by atoms with van der Waals surface area (Å²) in [5.74, 6) is -0.111. The number of H-pyrrole nitrogens is 1. The first-order valence-corrected chi connectivity index (χ1v) is 6.06. The fraction of sp³-hybridized carbons (Fsp3) is 0.357. The van der Waals surface area contributed by atoms with Crippen LogP contribution in [0.1, 0.15) is 35.3 Å². The van der Waals surface area contributed by atoms with E-state index in [2.05, 4.69) is 22.4 Å². The molecule has 1 aromatic carbocycles. The van der Waals surface area contributed by atoms with Crippen LogP contribution in [-0.4, -0.2) is 10.2 Å². The molecule has 3 nitrogen and oxygen atoms in total. The van der Waals surface area contributed by atoms with Crippen LogP contribution in [0.5, 0.6) is 0 Å². The first-order chi connectivity index (χ1) is 8.58. The van der Waals surface area contributed by atoms with Crippen molar-refractivity contribution in [3.05, 3.63) is 52.6 Å². The molecule has 0 aliphatic carbocycles. The van der Waals surface area contributed by atoms with Crippen LogP contribution >= 0.6 is 0 Å². The summed E-state index contributed by atoms with van der Waals surface area (Å²) in [4.78, 5) is 0. The fourth-order valence-electron chi connectivity index (χ4n) is 2.03. The van der Waals surface area contributed by atoms with E-state index in [1.165, 1.54) is 0 Å². The lowest BCUT2D eigenvalue weighted by Crippen LogP contribution is -2.18. The second kappa shape index (κ2) is 5.31. The summed E-state index contributed by atoms with van der Waals surface area (Å²) in [6.45, 7) is 6.37. The molecule has 96 valence electrons. The molecular formula is C14H18FN3. The molecule has 2 rings (SSSR count). The number of aromatic amines is 1. The molecule has 0 radical (unpaired) electrons. The molecule has 1 heterocycles. The molecule has 0 aliphatic heterocycles. The van der Waals surface area contributed by atoms with Gasteiger partial charge in [-0.05, 0) is 43.5 Å². The lowest BCUT2D eigenvalue weighted by molar-refractivity contribution is 0.557. The van der Waals surface area contributed by atoms with Gasteiger partial charge in [-0.15, -0.1) is 0 Å². The lowest BCUT2D eigenvalue weighted by Gasteiger charge is -2.13. The number of benzene rings is 1. The minimum absolute atomic E-state index is 0.111. The number of rotatable bonds is 4. The molecule has 0 spiro atoms. The van der Waals surface area contributed by atoms with Crippen LogP contribution in [0.15, 0.2) is 24.4 Å². The monoisotopic (exact) mass is 247 g/mol. The SMILES string of the molecule is Cc1cc(CNC(C)c2ccn[nH]2)cc(C)c1F. The topological polar surface area (TPSA) is 40.7 Å². The molecular weight excluding hydrogens is 229 g/mol. The summed E-state index contributed by atoms with van der Waals surface area (Å²) < 4.78 is 13.5. The first kappa shape index (κ1) is 12.8. The van der Waals surface area contributed by atoms with E-state index >= 15 is 0 Å².